The molecule has 27 heavy (non-hydrogen) atoms. The molecule has 1 fully saturated rings. The lowest BCUT2D eigenvalue weighted by atomic mass is 10.1. The highest BCUT2D eigenvalue weighted by Crippen LogP contribution is 2.26. The molecule has 1 aromatic carbocycles. The van der Waals surface area contributed by atoms with E-state index in [0.29, 0.717) is 28.7 Å². The van der Waals surface area contributed by atoms with Crippen molar-refractivity contribution >= 4 is 40.6 Å². The third-order valence-electron chi connectivity index (χ3n) is 5.17. The fourth-order valence-electron chi connectivity index (χ4n) is 3.72. The van der Waals surface area contributed by atoms with Crippen molar-refractivity contribution in [2.45, 2.75) is 38.1 Å². The zero-order valence-electron chi connectivity index (χ0n) is 15.0. The van der Waals surface area contributed by atoms with E-state index < -0.39 is 0 Å². The van der Waals surface area contributed by atoms with E-state index in [4.69, 9.17) is 0 Å². The van der Waals surface area contributed by atoms with Crippen LogP contribution in [0.25, 0.3) is 0 Å². The first kappa shape index (κ1) is 19.9. The summed E-state index contributed by atoms with van der Waals surface area (Å²) in [5.74, 6) is -0.294. The first-order valence-electron chi connectivity index (χ1n) is 9.23. The third-order valence-corrected chi connectivity index (χ3v) is 6.00. The molecule has 7 heteroatoms. The first-order chi connectivity index (χ1) is 12.7. The van der Waals surface area contributed by atoms with Crippen molar-refractivity contribution in [2.24, 2.45) is 0 Å². The van der Waals surface area contributed by atoms with E-state index in [1.54, 1.807) is 6.07 Å². The Kier molecular flexibility index (Phi) is 6.52. The number of hydrogen-bond donors (Lipinski definition) is 3. The average Bonchev–Trinajstić information content (AvgIpc) is 3.39. The number of fused-ring (bicyclic) bond motifs is 1. The minimum absolute atomic E-state index is 0. The van der Waals surface area contributed by atoms with E-state index in [-0.39, 0.29) is 24.2 Å². The van der Waals surface area contributed by atoms with Crippen LogP contribution in [0.1, 0.15) is 51.1 Å². The second-order valence-corrected chi connectivity index (χ2v) is 7.87. The van der Waals surface area contributed by atoms with Gasteiger partial charge in [-0.15, -0.1) is 23.7 Å². The van der Waals surface area contributed by atoms with E-state index in [1.807, 2.05) is 23.6 Å². The lowest BCUT2D eigenvalue weighted by Crippen LogP contribution is -2.37. The summed E-state index contributed by atoms with van der Waals surface area (Å²) in [6.07, 6.45) is 5.54. The first-order valence-corrected chi connectivity index (χ1v) is 10.1. The molecule has 5 nitrogen and oxygen atoms in total. The van der Waals surface area contributed by atoms with Gasteiger partial charge in [0, 0.05) is 18.2 Å². The number of anilines is 1. The van der Waals surface area contributed by atoms with Crippen molar-refractivity contribution in [1.29, 1.82) is 0 Å². The quantitative estimate of drug-likeness (QED) is 0.714. The number of thiophene rings is 1. The monoisotopic (exact) mass is 405 g/mol. The Balaban J connectivity index is 0.00000210. The maximum Gasteiger partial charge on any atom is 0.256 e. The van der Waals surface area contributed by atoms with Gasteiger partial charge in [0.1, 0.15) is 5.00 Å². The highest BCUT2D eigenvalue weighted by atomic mass is 35.5. The number of carbonyl (C=O) groups excluding carboxylic acids is 2. The molecule has 0 bridgehead atoms. The lowest BCUT2D eigenvalue weighted by Gasteiger charge is -2.12. The standard InChI is InChI=1S/C20H23N3O2S.ClH/c24-18(15-7-6-13-3-1-4-14(13)11-15)23-20-17(8-10-26-20)19(25)22-12-16-5-2-9-21-16;/h6-8,10-11,16,21H,1-5,9,12H2,(H,22,25)(H,23,24);1H. The van der Waals surface area contributed by atoms with Crippen molar-refractivity contribution in [2.75, 3.05) is 18.4 Å². The van der Waals surface area contributed by atoms with E-state index in [1.165, 1.54) is 22.5 Å². The number of carbonyl (C=O) groups is 2. The summed E-state index contributed by atoms with van der Waals surface area (Å²) in [6.45, 7) is 1.63. The molecular weight excluding hydrogens is 382 g/mol. The summed E-state index contributed by atoms with van der Waals surface area (Å²) in [5, 5.41) is 11.7. The summed E-state index contributed by atoms with van der Waals surface area (Å²) in [7, 11) is 0. The van der Waals surface area contributed by atoms with Gasteiger partial charge >= 0.3 is 0 Å². The molecule has 0 saturated carbocycles. The largest absolute Gasteiger partial charge is 0.350 e. The van der Waals surface area contributed by atoms with E-state index >= 15 is 0 Å². The van der Waals surface area contributed by atoms with Gasteiger partial charge in [0.05, 0.1) is 5.56 Å². The van der Waals surface area contributed by atoms with Gasteiger partial charge in [-0.3, -0.25) is 9.59 Å². The number of hydrogen-bond acceptors (Lipinski definition) is 4. The summed E-state index contributed by atoms with van der Waals surface area (Å²) in [6, 6.07) is 8.02. The molecule has 1 aliphatic heterocycles. The van der Waals surface area contributed by atoms with Gasteiger partial charge in [-0.1, -0.05) is 6.07 Å². The zero-order valence-corrected chi connectivity index (χ0v) is 16.7. The van der Waals surface area contributed by atoms with Crippen LogP contribution in [0, 0.1) is 0 Å². The van der Waals surface area contributed by atoms with Crippen LogP contribution >= 0.6 is 23.7 Å². The molecule has 3 N–H and O–H groups in total. The van der Waals surface area contributed by atoms with Crippen molar-refractivity contribution in [3.05, 3.63) is 51.9 Å². The summed E-state index contributed by atoms with van der Waals surface area (Å²) < 4.78 is 0. The summed E-state index contributed by atoms with van der Waals surface area (Å²) in [4.78, 5) is 25.1. The number of rotatable bonds is 5. The van der Waals surface area contributed by atoms with Crippen molar-refractivity contribution in [3.8, 4) is 0 Å². The SMILES string of the molecule is Cl.O=C(Nc1sccc1C(=O)NCC1CCCN1)c1ccc2c(c1)CCC2. The predicted molar refractivity (Wildman–Crippen MR) is 111 cm³/mol. The summed E-state index contributed by atoms with van der Waals surface area (Å²) in [5.41, 5.74) is 3.80. The van der Waals surface area contributed by atoms with Crippen LogP contribution in [0.2, 0.25) is 0 Å². The Morgan fingerprint density at radius 2 is 1.96 bits per heavy atom. The third kappa shape index (κ3) is 4.51. The zero-order chi connectivity index (χ0) is 17.9. The van der Waals surface area contributed by atoms with Gasteiger partial charge in [0.25, 0.3) is 11.8 Å². The molecule has 1 aliphatic carbocycles. The van der Waals surface area contributed by atoms with E-state index in [9.17, 15) is 9.59 Å². The van der Waals surface area contributed by atoms with Crippen molar-refractivity contribution in [3.63, 3.8) is 0 Å². The lowest BCUT2D eigenvalue weighted by molar-refractivity contribution is 0.0951. The number of halogens is 1. The van der Waals surface area contributed by atoms with Gasteiger partial charge in [0.15, 0.2) is 0 Å². The fourth-order valence-corrected chi connectivity index (χ4v) is 4.49. The Hall–Kier alpha value is -1.89. The Labute approximate surface area is 169 Å². The van der Waals surface area contributed by atoms with Crippen LogP contribution in [0.3, 0.4) is 0 Å². The molecule has 1 unspecified atom stereocenters. The van der Waals surface area contributed by atoms with Gasteiger partial charge in [-0.25, -0.2) is 0 Å². The number of benzene rings is 1. The smallest absolute Gasteiger partial charge is 0.256 e. The minimum Gasteiger partial charge on any atom is -0.350 e. The number of nitrogens with one attached hydrogen (secondary N) is 3. The highest BCUT2D eigenvalue weighted by molar-refractivity contribution is 7.14. The topological polar surface area (TPSA) is 70.2 Å². The number of aryl methyl sites for hydroxylation is 2. The Morgan fingerprint density at radius 3 is 2.78 bits per heavy atom. The molecule has 0 radical (unpaired) electrons. The maximum atomic E-state index is 12.6. The van der Waals surface area contributed by atoms with Crippen molar-refractivity contribution in [1.82, 2.24) is 10.6 Å². The molecule has 1 aromatic heterocycles. The fraction of sp³-hybridized carbons (Fsp3) is 0.400. The molecule has 1 atom stereocenters. The molecular formula is C20H24ClN3O2S. The predicted octanol–water partition coefficient (Wildman–Crippen LogP) is 3.39. The van der Waals surface area contributed by atoms with Gasteiger partial charge in [-0.2, -0.15) is 0 Å². The van der Waals surface area contributed by atoms with Gasteiger partial charge in [-0.05, 0) is 73.4 Å². The van der Waals surface area contributed by atoms with Crippen LogP contribution < -0.4 is 16.0 Å². The molecule has 144 valence electrons. The maximum absolute atomic E-state index is 12.6. The average molecular weight is 406 g/mol. The summed E-state index contributed by atoms with van der Waals surface area (Å²) >= 11 is 1.38. The second kappa shape index (κ2) is 8.87. The molecule has 0 spiro atoms. The van der Waals surface area contributed by atoms with E-state index in [2.05, 4.69) is 16.0 Å². The Morgan fingerprint density at radius 1 is 1.11 bits per heavy atom. The van der Waals surface area contributed by atoms with Crippen LogP contribution in [-0.4, -0.2) is 30.9 Å². The number of amides is 2. The van der Waals surface area contributed by atoms with Crippen LogP contribution in [0.5, 0.6) is 0 Å². The molecule has 2 aliphatic rings. The van der Waals surface area contributed by atoms with E-state index in [0.717, 1.165) is 38.6 Å². The Bertz CT molecular complexity index is 830. The van der Waals surface area contributed by atoms with Crippen LogP contribution in [0.15, 0.2) is 29.6 Å². The minimum atomic E-state index is -0.159. The second-order valence-electron chi connectivity index (χ2n) is 6.96. The molecule has 1 saturated heterocycles. The van der Waals surface area contributed by atoms with Crippen molar-refractivity contribution < 1.29 is 9.59 Å². The molecule has 4 rings (SSSR count). The van der Waals surface area contributed by atoms with Gasteiger partial charge < -0.3 is 16.0 Å². The van der Waals surface area contributed by atoms with Crippen LogP contribution in [-0.2, 0) is 12.8 Å². The molecule has 2 aromatic rings. The van der Waals surface area contributed by atoms with Crippen LogP contribution in [0.4, 0.5) is 5.00 Å². The molecule has 2 amide bonds. The van der Waals surface area contributed by atoms with Gasteiger partial charge in [0.2, 0.25) is 0 Å². The highest BCUT2D eigenvalue weighted by Gasteiger charge is 2.20. The molecule has 2 heterocycles. The normalized spacial score (nSPS) is 17.9.